The van der Waals surface area contributed by atoms with Crippen molar-refractivity contribution in [2.45, 2.75) is 19.9 Å². The summed E-state index contributed by atoms with van der Waals surface area (Å²) in [6.07, 6.45) is 0.612. The van der Waals surface area contributed by atoms with Crippen LogP contribution in [0, 0.1) is 6.92 Å². The Hall–Kier alpha value is -3.52. The Bertz CT molecular complexity index is 1260. The van der Waals surface area contributed by atoms with E-state index in [1.807, 2.05) is 35.7 Å². The number of benzene rings is 2. The van der Waals surface area contributed by atoms with E-state index < -0.39 is 0 Å². The van der Waals surface area contributed by atoms with Crippen molar-refractivity contribution in [2.75, 3.05) is 6.54 Å². The molecule has 0 radical (unpaired) electrons. The lowest BCUT2D eigenvalue weighted by Crippen LogP contribution is -2.34. The molecule has 1 amide bonds. The molecule has 2 heterocycles. The summed E-state index contributed by atoms with van der Waals surface area (Å²) in [5.41, 5.74) is 2.13. The van der Waals surface area contributed by atoms with Crippen molar-refractivity contribution in [3.8, 4) is 17.0 Å². The number of aryl methyl sites for hydroxylation is 1. The molecule has 30 heavy (non-hydrogen) atoms. The van der Waals surface area contributed by atoms with Crippen LogP contribution in [0.25, 0.3) is 22.2 Å². The second-order valence-electron chi connectivity index (χ2n) is 6.84. The molecule has 0 atom stereocenters. The highest BCUT2D eigenvalue weighted by Crippen LogP contribution is 2.21. The molecule has 0 fully saturated rings. The number of phenolic OH excluding ortho intramolecular Hbond substituents is 1. The standard InChI is InChI=1S/C22H20N4O3S/c1-14-24-18-8-7-16(27)11-17(18)22(29)26(14)12-20(28)23-10-9-21-25-19(13-30-21)15-5-3-2-4-6-15/h2-8,11,13,27H,9-10,12H2,1H3,(H,23,28). The third kappa shape index (κ3) is 4.23. The number of nitrogens with zero attached hydrogens (tertiary/aromatic N) is 3. The molecule has 0 aliphatic rings. The molecular formula is C22H20N4O3S. The second-order valence-corrected chi connectivity index (χ2v) is 7.79. The number of carbonyl (C=O) groups excluding carboxylic acids is 1. The van der Waals surface area contributed by atoms with Gasteiger partial charge in [-0.15, -0.1) is 11.3 Å². The predicted octanol–water partition coefficient (Wildman–Crippen LogP) is 2.89. The van der Waals surface area contributed by atoms with Crippen LogP contribution >= 0.6 is 11.3 Å². The van der Waals surface area contributed by atoms with E-state index in [9.17, 15) is 14.7 Å². The number of phenols is 1. The van der Waals surface area contributed by atoms with Gasteiger partial charge in [0.15, 0.2) is 0 Å². The van der Waals surface area contributed by atoms with Crippen molar-refractivity contribution in [1.29, 1.82) is 0 Å². The molecule has 2 N–H and O–H groups in total. The van der Waals surface area contributed by atoms with Crippen molar-refractivity contribution in [1.82, 2.24) is 19.9 Å². The largest absolute Gasteiger partial charge is 0.508 e. The summed E-state index contributed by atoms with van der Waals surface area (Å²) in [4.78, 5) is 34.0. The summed E-state index contributed by atoms with van der Waals surface area (Å²) < 4.78 is 1.31. The van der Waals surface area contributed by atoms with Crippen molar-refractivity contribution in [3.05, 3.63) is 75.1 Å². The highest BCUT2D eigenvalue weighted by molar-refractivity contribution is 7.09. The third-order valence-electron chi connectivity index (χ3n) is 4.71. The maximum atomic E-state index is 12.7. The highest BCUT2D eigenvalue weighted by atomic mass is 32.1. The first-order valence-corrected chi connectivity index (χ1v) is 10.4. The van der Waals surface area contributed by atoms with E-state index in [4.69, 9.17) is 0 Å². The van der Waals surface area contributed by atoms with Crippen LogP contribution in [0.1, 0.15) is 10.8 Å². The molecule has 4 aromatic rings. The zero-order valence-corrected chi connectivity index (χ0v) is 17.1. The predicted molar refractivity (Wildman–Crippen MR) is 117 cm³/mol. The van der Waals surface area contributed by atoms with Crippen LogP contribution in [0.2, 0.25) is 0 Å². The summed E-state index contributed by atoms with van der Waals surface area (Å²) in [6.45, 7) is 1.98. The Morgan fingerprint density at radius 3 is 2.77 bits per heavy atom. The molecule has 0 unspecified atom stereocenters. The van der Waals surface area contributed by atoms with Crippen LogP contribution in [-0.2, 0) is 17.8 Å². The first kappa shape index (κ1) is 19.8. The fraction of sp³-hybridized carbons (Fsp3) is 0.182. The van der Waals surface area contributed by atoms with Crippen molar-refractivity contribution in [2.24, 2.45) is 0 Å². The summed E-state index contributed by atoms with van der Waals surface area (Å²) in [5, 5.41) is 15.7. The van der Waals surface area contributed by atoms with Gasteiger partial charge in [-0.2, -0.15) is 0 Å². The average Bonchev–Trinajstić information content (AvgIpc) is 3.21. The van der Waals surface area contributed by atoms with Gasteiger partial charge in [-0.25, -0.2) is 9.97 Å². The molecule has 152 valence electrons. The van der Waals surface area contributed by atoms with Gasteiger partial charge in [0, 0.05) is 23.9 Å². The molecule has 0 aliphatic carbocycles. The Kier molecular flexibility index (Phi) is 5.58. The van der Waals surface area contributed by atoms with E-state index in [-0.39, 0.29) is 29.1 Å². The number of thiazole rings is 1. The van der Waals surface area contributed by atoms with Crippen LogP contribution in [0.4, 0.5) is 0 Å². The van der Waals surface area contributed by atoms with Gasteiger partial charge in [-0.3, -0.25) is 14.2 Å². The van der Waals surface area contributed by atoms with E-state index in [0.717, 1.165) is 16.3 Å². The third-order valence-corrected chi connectivity index (χ3v) is 5.62. The molecule has 7 nitrogen and oxygen atoms in total. The van der Waals surface area contributed by atoms with Gasteiger partial charge in [0.2, 0.25) is 5.91 Å². The first-order valence-electron chi connectivity index (χ1n) is 9.48. The zero-order chi connectivity index (χ0) is 21.1. The molecule has 8 heteroatoms. The molecule has 4 rings (SSSR count). The number of aromatic hydroxyl groups is 1. The quantitative estimate of drug-likeness (QED) is 0.500. The first-order chi connectivity index (χ1) is 14.5. The number of hydrogen-bond donors (Lipinski definition) is 2. The SMILES string of the molecule is Cc1nc2ccc(O)cc2c(=O)n1CC(=O)NCCc1nc(-c2ccccc2)cs1. The number of nitrogens with one attached hydrogen (secondary N) is 1. The van der Waals surface area contributed by atoms with E-state index in [1.54, 1.807) is 24.3 Å². The lowest BCUT2D eigenvalue weighted by atomic mass is 10.2. The van der Waals surface area contributed by atoms with Gasteiger partial charge < -0.3 is 10.4 Å². The summed E-state index contributed by atoms with van der Waals surface area (Å²) in [7, 11) is 0. The Labute approximate surface area is 176 Å². The van der Waals surface area contributed by atoms with E-state index in [1.165, 1.54) is 16.7 Å². The Balaban J connectivity index is 1.39. The van der Waals surface area contributed by atoms with Crippen LogP contribution < -0.4 is 10.9 Å². The van der Waals surface area contributed by atoms with Gasteiger partial charge in [0.05, 0.1) is 21.6 Å². The lowest BCUT2D eigenvalue weighted by Gasteiger charge is -2.11. The minimum absolute atomic E-state index is 0.0143. The number of fused-ring (bicyclic) bond motifs is 1. The molecule has 0 spiro atoms. The topological polar surface area (TPSA) is 97.1 Å². The zero-order valence-electron chi connectivity index (χ0n) is 16.3. The molecule has 2 aromatic heterocycles. The van der Waals surface area contributed by atoms with Crippen LogP contribution in [0.15, 0.2) is 58.7 Å². The molecule has 0 bridgehead atoms. The minimum Gasteiger partial charge on any atom is -0.508 e. The summed E-state index contributed by atoms with van der Waals surface area (Å²) in [6, 6.07) is 14.4. The molecule has 0 saturated carbocycles. The van der Waals surface area contributed by atoms with Crippen molar-refractivity contribution in [3.63, 3.8) is 0 Å². The van der Waals surface area contributed by atoms with Gasteiger partial charge in [-0.1, -0.05) is 30.3 Å². The molecular weight excluding hydrogens is 400 g/mol. The monoisotopic (exact) mass is 420 g/mol. The molecule has 2 aromatic carbocycles. The second kappa shape index (κ2) is 8.46. The van der Waals surface area contributed by atoms with Crippen molar-refractivity contribution >= 4 is 28.1 Å². The van der Waals surface area contributed by atoms with Crippen LogP contribution in [-0.4, -0.2) is 32.1 Å². The Morgan fingerprint density at radius 2 is 1.97 bits per heavy atom. The maximum Gasteiger partial charge on any atom is 0.261 e. The average molecular weight is 420 g/mol. The fourth-order valence-corrected chi connectivity index (χ4v) is 3.99. The number of rotatable bonds is 6. The maximum absolute atomic E-state index is 12.7. The van der Waals surface area contributed by atoms with E-state index >= 15 is 0 Å². The van der Waals surface area contributed by atoms with Gasteiger partial charge in [0.1, 0.15) is 18.1 Å². The summed E-state index contributed by atoms with van der Waals surface area (Å²) >= 11 is 1.56. The van der Waals surface area contributed by atoms with Crippen LogP contribution in [0.3, 0.4) is 0 Å². The Morgan fingerprint density at radius 1 is 1.17 bits per heavy atom. The van der Waals surface area contributed by atoms with Crippen molar-refractivity contribution < 1.29 is 9.90 Å². The van der Waals surface area contributed by atoms with Gasteiger partial charge in [0.25, 0.3) is 5.56 Å². The van der Waals surface area contributed by atoms with E-state index in [0.29, 0.717) is 24.3 Å². The van der Waals surface area contributed by atoms with Crippen LogP contribution in [0.5, 0.6) is 5.75 Å². The number of amides is 1. The van der Waals surface area contributed by atoms with E-state index in [2.05, 4.69) is 15.3 Å². The number of carbonyl (C=O) groups is 1. The highest BCUT2D eigenvalue weighted by Gasteiger charge is 2.12. The lowest BCUT2D eigenvalue weighted by molar-refractivity contribution is -0.121. The smallest absolute Gasteiger partial charge is 0.261 e. The number of aromatic nitrogens is 3. The fourth-order valence-electron chi connectivity index (χ4n) is 3.18. The van der Waals surface area contributed by atoms with Gasteiger partial charge >= 0.3 is 0 Å². The minimum atomic E-state index is -0.351. The normalized spacial score (nSPS) is 11.0. The van der Waals surface area contributed by atoms with Gasteiger partial charge in [-0.05, 0) is 25.1 Å². The molecule has 0 saturated heterocycles. The number of hydrogen-bond acceptors (Lipinski definition) is 6. The summed E-state index contributed by atoms with van der Waals surface area (Å²) in [5.74, 6) is 0.154. The molecule has 0 aliphatic heterocycles.